The van der Waals surface area contributed by atoms with Crippen LogP contribution in [0.1, 0.15) is 29.3 Å². The Kier molecular flexibility index (Phi) is 6.31. The average Bonchev–Trinajstić information content (AvgIpc) is 3.09. The summed E-state index contributed by atoms with van der Waals surface area (Å²) in [5.41, 5.74) is 2.42. The van der Waals surface area contributed by atoms with E-state index in [1.807, 2.05) is 54.6 Å². The zero-order valence-electron chi connectivity index (χ0n) is 17.8. The maximum absolute atomic E-state index is 13.2. The standard InChI is InChI=1S/C26H24N2O4/c1-32-22-13-6-5-11-19(22)17-28-24(20-12-7-8-16-27-20)23(25(30)26(28)31)21(29)15-14-18-9-3-2-4-10-18/h2-13,16,24,30H,14-15,17H2,1H3. The minimum absolute atomic E-state index is 0.0968. The van der Waals surface area contributed by atoms with Gasteiger partial charge in [0.1, 0.15) is 11.8 Å². The van der Waals surface area contributed by atoms with Crippen molar-refractivity contribution in [2.75, 3.05) is 7.11 Å². The normalized spacial score (nSPS) is 15.8. The number of aromatic nitrogens is 1. The third-order valence-electron chi connectivity index (χ3n) is 5.59. The molecule has 0 saturated heterocycles. The van der Waals surface area contributed by atoms with Gasteiger partial charge in [-0.1, -0.05) is 54.6 Å². The topological polar surface area (TPSA) is 79.7 Å². The number of pyridine rings is 1. The van der Waals surface area contributed by atoms with Crippen LogP contribution in [0.2, 0.25) is 0 Å². The summed E-state index contributed by atoms with van der Waals surface area (Å²) in [4.78, 5) is 32.2. The van der Waals surface area contributed by atoms with E-state index in [9.17, 15) is 14.7 Å². The van der Waals surface area contributed by atoms with Crippen molar-refractivity contribution >= 4 is 11.7 Å². The van der Waals surface area contributed by atoms with E-state index in [0.29, 0.717) is 17.9 Å². The van der Waals surface area contributed by atoms with Crippen molar-refractivity contribution in [3.63, 3.8) is 0 Å². The molecule has 0 radical (unpaired) electrons. The highest BCUT2D eigenvalue weighted by Crippen LogP contribution is 2.39. The summed E-state index contributed by atoms with van der Waals surface area (Å²) >= 11 is 0. The van der Waals surface area contributed by atoms with Crippen molar-refractivity contribution in [3.05, 3.63) is 107 Å². The largest absolute Gasteiger partial charge is 0.503 e. The number of methoxy groups -OCH3 is 1. The zero-order valence-corrected chi connectivity index (χ0v) is 17.8. The van der Waals surface area contributed by atoms with Crippen molar-refractivity contribution in [2.24, 2.45) is 0 Å². The van der Waals surface area contributed by atoms with Crippen LogP contribution in [-0.2, 0) is 22.6 Å². The number of carbonyl (C=O) groups is 2. The minimum atomic E-state index is -0.767. The fourth-order valence-electron chi connectivity index (χ4n) is 4.00. The molecule has 3 aromatic rings. The molecule has 0 spiro atoms. The lowest BCUT2D eigenvalue weighted by Gasteiger charge is -2.26. The second-order valence-electron chi connectivity index (χ2n) is 7.57. The zero-order chi connectivity index (χ0) is 22.5. The number of hydrogen-bond acceptors (Lipinski definition) is 5. The van der Waals surface area contributed by atoms with Crippen molar-refractivity contribution in [3.8, 4) is 5.75 Å². The van der Waals surface area contributed by atoms with Crippen LogP contribution in [0, 0.1) is 0 Å². The van der Waals surface area contributed by atoms with Crippen LogP contribution in [0.15, 0.2) is 90.3 Å². The first-order valence-corrected chi connectivity index (χ1v) is 10.4. The molecule has 1 aliphatic heterocycles. The van der Waals surface area contributed by atoms with Gasteiger partial charge < -0.3 is 14.7 Å². The summed E-state index contributed by atoms with van der Waals surface area (Å²) in [6.45, 7) is 0.170. The molecule has 2 heterocycles. The number of ether oxygens (including phenoxy) is 1. The molecule has 1 aliphatic rings. The summed E-state index contributed by atoms with van der Waals surface area (Å²) in [6, 6.07) is 21.6. The molecule has 1 amide bonds. The average molecular weight is 428 g/mol. The lowest BCUT2D eigenvalue weighted by atomic mass is 9.95. The number of rotatable bonds is 8. The fourth-order valence-corrected chi connectivity index (χ4v) is 4.00. The maximum atomic E-state index is 13.2. The first kappa shape index (κ1) is 21.3. The van der Waals surface area contributed by atoms with E-state index in [4.69, 9.17) is 4.74 Å². The number of aliphatic hydroxyl groups is 1. The van der Waals surface area contributed by atoms with E-state index >= 15 is 0 Å². The van der Waals surface area contributed by atoms with E-state index in [2.05, 4.69) is 4.98 Å². The lowest BCUT2D eigenvalue weighted by molar-refractivity contribution is -0.130. The van der Waals surface area contributed by atoms with Gasteiger partial charge in [-0.25, -0.2) is 0 Å². The number of hydrogen-bond donors (Lipinski definition) is 1. The quantitative estimate of drug-likeness (QED) is 0.582. The van der Waals surface area contributed by atoms with Gasteiger partial charge in [0.2, 0.25) is 0 Å². The predicted octanol–water partition coefficient (Wildman–Crippen LogP) is 4.19. The Balaban J connectivity index is 1.66. The van der Waals surface area contributed by atoms with Gasteiger partial charge in [0, 0.05) is 18.2 Å². The summed E-state index contributed by atoms with van der Waals surface area (Å²) < 4.78 is 5.42. The molecule has 162 valence electrons. The molecule has 4 rings (SSSR count). The Morgan fingerprint density at radius 3 is 2.47 bits per heavy atom. The Bertz CT molecular complexity index is 1140. The SMILES string of the molecule is COc1ccccc1CN1C(=O)C(O)=C(C(=O)CCc2ccccc2)C1c1ccccn1. The number of aryl methyl sites for hydroxylation is 1. The van der Waals surface area contributed by atoms with E-state index in [-0.39, 0.29) is 24.3 Å². The Hall–Kier alpha value is -3.93. The van der Waals surface area contributed by atoms with Gasteiger partial charge in [0.05, 0.1) is 24.9 Å². The highest BCUT2D eigenvalue weighted by molar-refractivity contribution is 6.08. The van der Waals surface area contributed by atoms with Crippen LogP contribution in [0.3, 0.4) is 0 Å². The molecule has 1 aromatic heterocycles. The summed E-state index contributed by atoms with van der Waals surface area (Å²) in [5.74, 6) is -0.732. The van der Waals surface area contributed by atoms with Crippen LogP contribution < -0.4 is 4.74 Å². The van der Waals surface area contributed by atoms with Crippen LogP contribution >= 0.6 is 0 Å². The molecular formula is C26H24N2O4. The molecule has 1 unspecified atom stereocenters. The van der Waals surface area contributed by atoms with E-state index < -0.39 is 17.7 Å². The second kappa shape index (κ2) is 9.47. The molecule has 1 atom stereocenters. The molecule has 0 saturated carbocycles. The highest BCUT2D eigenvalue weighted by atomic mass is 16.5. The highest BCUT2D eigenvalue weighted by Gasteiger charge is 2.44. The summed E-state index contributed by atoms with van der Waals surface area (Å²) in [5, 5.41) is 10.7. The van der Waals surface area contributed by atoms with E-state index in [1.165, 1.54) is 4.90 Å². The molecule has 32 heavy (non-hydrogen) atoms. The number of ketones is 1. The number of aliphatic hydroxyl groups excluding tert-OH is 1. The number of benzene rings is 2. The third kappa shape index (κ3) is 4.25. The van der Waals surface area contributed by atoms with Crippen molar-refractivity contribution in [1.82, 2.24) is 9.88 Å². The Morgan fingerprint density at radius 1 is 1.03 bits per heavy atom. The van der Waals surface area contributed by atoms with Crippen molar-refractivity contribution in [2.45, 2.75) is 25.4 Å². The van der Waals surface area contributed by atoms with Crippen LogP contribution in [0.4, 0.5) is 0 Å². The molecule has 2 aromatic carbocycles. The molecular weight excluding hydrogens is 404 g/mol. The molecule has 0 aliphatic carbocycles. The Morgan fingerprint density at radius 2 is 1.75 bits per heavy atom. The first-order valence-electron chi connectivity index (χ1n) is 10.4. The fraction of sp³-hybridized carbons (Fsp3) is 0.192. The maximum Gasteiger partial charge on any atom is 0.290 e. The molecule has 0 bridgehead atoms. The first-order chi connectivity index (χ1) is 15.6. The summed E-state index contributed by atoms with van der Waals surface area (Å²) in [7, 11) is 1.56. The Labute approximate surface area is 186 Å². The number of Topliss-reactive ketones (excluding diaryl/α,β-unsaturated/α-hetero) is 1. The van der Waals surface area contributed by atoms with Gasteiger partial charge in [0.15, 0.2) is 11.5 Å². The van der Waals surface area contributed by atoms with Gasteiger partial charge in [-0.05, 0) is 30.2 Å². The van der Waals surface area contributed by atoms with Crippen molar-refractivity contribution < 1.29 is 19.4 Å². The molecule has 6 nitrogen and oxygen atoms in total. The van der Waals surface area contributed by atoms with Crippen LogP contribution in [-0.4, -0.2) is 33.8 Å². The van der Waals surface area contributed by atoms with E-state index in [1.54, 1.807) is 31.5 Å². The minimum Gasteiger partial charge on any atom is -0.503 e. The van der Waals surface area contributed by atoms with Gasteiger partial charge in [-0.15, -0.1) is 0 Å². The number of amides is 1. The third-order valence-corrected chi connectivity index (χ3v) is 5.59. The van der Waals surface area contributed by atoms with Crippen LogP contribution in [0.5, 0.6) is 5.75 Å². The number of para-hydroxylation sites is 1. The lowest BCUT2D eigenvalue weighted by Crippen LogP contribution is -2.31. The van der Waals surface area contributed by atoms with Crippen molar-refractivity contribution in [1.29, 1.82) is 0 Å². The molecule has 6 heteroatoms. The van der Waals surface area contributed by atoms with Gasteiger partial charge in [0.25, 0.3) is 5.91 Å². The molecule has 0 fully saturated rings. The molecule has 1 N–H and O–H groups in total. The monoisotopic (exact) mass is 428 g/mol. The number of nitrogens with zero attached hydrogens (tertiary/aromatic N) is 2. The smallest absolute Gasteiger partial charge is 0.290 e. The van der Waals surface area contributed by atoms with Gasteiger partial charge in [-0.2, -0.15) is 0 Å². The van der Waals surface area contributed by atoms with E-state index in [0.717, 1.165) is 11.1 Å². The van der Waals surface area contributed by atoms with Crippen LogP contribution in [0.25, 0.3) is 0 Å². The van der Waals surface area contributed by atoms with Gasteiger partial charge in [-0.3, -0.25) is 14.6 Å². The summed E-state index contributed by atoms with van der Waals surface area (Å²) in [6.07, 6.45) is 2.32. The number of carbonyl (C=O) groups excluding carboxylic acids is 2. The van der Waals surface area contributed by atoms with Gasteiger partial charge >= 0.3 is 0 Å². The second-order valence-corrected chi connectivity index (χ2v) is 7.57. The predicted molar refractivity (Wildman–Crippen MR) is 120 cm³/mol.